The van der Waals surface area contributed by atoms with Crippen molar-refractivity contribution in [2.24, 2.45) is 0 Å². The first kappa shape index (κ1) is 74.6. The molecule has 23 heteroatoms. The summed E-state index contributed by atoms with van der Waals surface area (Å²) in [5.41, 5.74) is 15.6. The molecule has 106 heavy (non-hydrogen) atoms. The minimum Gasteiger partial charge on any atom is -0.508 e. The zero-order chi connectivity index (χ0) is 74.5. The monoisotopic (exact) mass is 1490 g/mol. The van der Waals surface area contributed by atoms with E-state index >= 15 is 0 Å². The normalized spacial score (nSPS) is 28.0. The molecular formula is C83H108N6O15S2. The zero-order valence-electron chi connectivity index (χ0n) is 63.8. The van der Waals surface area contributed by atoms with Gasteiger partial charge in [-0.25, -0.2) is 9.59 Å². The summed E-state index contributed by atoms with van der Waals surface area (Å²) in [4.78, 5) is 51.1. The average Bonchev–Trinajstić information content (AvgIpc) is 0.765. The summed E-state index contributed by atoms with van der Waals surface area (Å²) in [7, 11) is 7.41. The number of aryl methyl sites for hydroxylation is 3. The number of unbranched alkanes of at least 4 members (excludes halogenated alkanes) is 12. The van der Waals surface area contributed by atoms with Gasteiger partial charge in [0.25, 0.3) is 0 Å². The summed E-state index contributed by atoms with van der Waals surface area (Å²) in [6.45, 7) is 18.2. The first-order chi connectivity index (χ1) is 51.1. The second kappa shape index (κ2) is 30.2. The van der Waals surface area contributed by atoms with Crippen molar-refractivity contribution in [2.75, 3.05) is 79.7 Å². The standard InChI is InChI=1S/C45H65N3O8S.C38H43N3O7S/c1-7-8-9-10-11-12-13-14-15-16-17-18-19-20-33(49)46-30-24-57-43-34-27(3)28(4)41-42(56-25-55-41)36(34)32(23-54-45(30)52)48-38(43)37-35-29(22-31(44(48)51)47(37)5)21-26(2)40(53-6)39(35)50;1-17-10-24-21(12-26(17)42)7-8-39-38(24)15-49-36-27-19(3)20(4)34-35(48-16-47-34)29(27)25(14-46-37(38)44)41-13-23-11-22-9-18(2)33(45-6)32(43)28(22)30(31(36)41)40(23)5/h21,30-32,37-38,43-44,50-51H,7-20,22-25H2,1-6H3,(H,46,49);9-10,12,23,25,30-31,36,39,42-43H,7-8,11,13-16H2,1-6H3/t30-,31-,32-,37+,38+,43+,44-;23-,25-,30+,31+,36+,38+/m00/s1. The van der Waals surface area contributed by atoms with E-state index in [1.54, 1.807) is 37.7 Å². The minimum atomic E-state index is -1.09. The zero-order valence-corrected chi connectivity index (χ0v) is 65.4. The molecule has 0 unspecified atom stereocenters. The number of esters is 2. The minimum absolute atomic E-state index is 0.0421. The number of nitrogens with zero attached hydrogens (tertiary/aromatic N) is 4. The van der Waals surface area contributed by atoms with Gasteiger partial charge < -0.3 is 63.6 Å². The van der Waals surface area contributed by atoms with Gasteiger partial charge in [0.1, 0.15) is 31.2 Å². The number of amides is 1. The van der Waals surface area contributed by atoms with Crippen molar-refractivity contribution >= 4 is 41.4 Å². The number of carbonyl (C=O) groups is 3. The summed E-state index contributed by atoms with van der Waals surface area (Å²) in [6, 6.07) is 5.39. The van der Waals surface area contributed by atoms with E-state index in [2.05, 4.69) is 77.1 Å². The number of aliphatic hydroxyl groups is 1. The van der Waals surface area contributed by atoms with Gasteiger partial charge in [0, 0.05) is 81.9 Å². The smallest absolute Gasteiger partial charge is 0.331 e. The summed E-state index contributed by atoms with van der Waals surface area (Å²) in [5, 5.41) is 53.2. The van der Waals surface area contributed by atoms with Crippen molar-refractivity contribution < 1.29 is 72.7 Å². The fourth-order valence-corrected chi connectivity index (χ4v) is 23.6. The van der Waals surface area contributed by atoms with Gasteiger partial charge in [-0.3, -0.25) is 29.7 Å². The highest BCUT2D eigenvalue weighted by Gasteiger charge is 2.62. The van der Waals surface area contributed by atoms with Crippen LogP contribution in [0.15, 0.2) is 24.3 Å². The van der Waals surface area contributed by atoms with Crippen LogP contribution in [0.4, 0.5) is 0 Å². The van der Waals surface area contributed by atoms with E-state index in [1.807, 2.05) is 46.9 Å². The molecule has 0 aromatic heterocycles. The Kier molecular flexibility index (Phi) is 21.3. The Morgan fingerprint density at radius 3 is 1.76 bits per heavy atom. The third kappa shape index (κ3) is 12.5. The third-order valence-electron chi connectivity index (χ3n) is 25.8. The van der Waals surface area contributed by atoms with Gasteiger partial charge in [-0.1, -0.05) is 96.1 Å². The fraction of sp³-hybridized carbons (Fsp3) is 0.602. The van der Waals surface area contributed by atoms with Crippen molar-refractivity contribution in [1.82, 2.24) is 30.2 Å². The van der Waals surface area contributed by atoms with E-state index in [-0.39, 0.29) is 114 Å². The molecule has 0 saturated carbocycles. The van der Waals surface area contributed by atoms with Gasteiger partial charge in [0.2, 0.25) is 19.5 Å². The molecule has 4 fully saturated rings. The van der Waals surface area contributed by atoms with E-state index in [1.165, 1.54) is 75.3 Å². The molecule has 21 nitrogen and oxygen atoms in total. The molecule has 13 heterocycles. The number of thioether (sulfide) groups is 2. The van der Waals surface area contributed by atoms with Gasteiger partial charge >= 0.3 is 11.9 Å². The number of aliphatic hydroxyl groups excluding tert-OH is 1. The molecule has 13 aliphatic rings. The Balaban J connectivity index is 0.000000171. The summed E-state index contributed by atoms with van der Waals surface area (Å²) in [6.07, 6.45) is 17.6. The third-order valence-corrected chi connectivity index (χ3v) is 28.7. The molecule has 5 aromatic rings. The molecule has 8 bridgehead atoms. The highest BCUT2D eigenvalue weighted by atomic mass is 32.2. The Labute approximate surface area is 632 Å². The number of aromatic hydroxyl groups is 3. The molecule has 13 aliphatic heterocycles. The topological polar surface area (TPSA) is 243 Å². The average molecular weight is 1490 g/mol. The van der Waals surface area contributed by atoms with Crippen molar-refractivity contribution in [2.45, 2.75) is 241 Å². The highest BCUT2D eigenvalue weighted by Crippen LogP contribution is 2.65. The van der Waals surface area contributed by atoms with Crippen LogP contribution in [0.3, 0.4) is 0 Å². The largest absolute Gasteiger partial charge is 0.508 e. The number of phenols is 3. The molecule has 18 rings (SSSR count). The Morgan fingerprint density at radius 2 is 1.16 bits per heavy atom. The van der Waals surface area contributed by atoms with Gasteiger partial charge in [-0.15, -0.1) is 23.5 Å². The van der Waals surface area contributed by atoms with Crippen LogP contribution in [0.5, 0.6) is 51.7 Å². The van der Waals surface area contributed by atoms with E-state index in [4.69, 9.17) is 37.9 Å². The molecule has 0 radical (unpaired) electrons. The SMILES string of the molecule is CCCCCCCCCCCCCCCC(=O)N[C@H]1CS[C@@H]2c3c(C)c(C)c4c(c3[C@H](COC1=O)N1[C@@H]2[C@H]2c3c(cc(C)c(OC)c3O)C[C@@H]([C@@H]1O)N2C)OCO4.COc1c(C)cc2c(c1O)[C@@H]1[C@@H]3[C@@H]4SC[C@]5(NCCc6cc(O)c(C)cc65)C(=O)OC[C@@H](c5c6c(c(C)c(C)c54)OCO6)N3C[C@H](C2)N1C. The van der Waals surface area contributed by atoms with Crippen LogP contribution in [0, 0.1) is 48.5 Å². The Hall–Kier alpha value is -6.83. The van der Waals surface area contributed by atoms with Gasteiger partial charge in [0.15, 0.2) is 51.5 Å². The van der Waals surface area contributed by atoms with Crippen molar-refractivity contribution in [3.8, 4) is 51.7 Å². The number of fused-ring (bicyclic) bond motifs is 19. The Morgan fingerprint density at radius 1 is 0.613 bits per heavy atom. The van der Waals surface area contributed by atoms with Crippen molar-refractivity contribution in [3.63, 3.8) is 0 Å². The number of hydrogen-bond donors (Lipinski definition) is 6. The first-order valence-electron chi connectivity index (χ1n) is 38.9. The highest BCUT2D eigenvalue weighted by molar-refractivity contribution is 7.99. The lowest BCUT2D eigenvalue weighted by atomic mass is 9.72. The number of methoxy groups -OCH3 is 2. The van der Waals surface area contributed by atoms with Gasteiger partial charge in [-0.05, 0) is 173 Å². The number of likely N-dealkylation sites (N-methyl/N-ethyl adjacent to an activating group) is 2. The summed E-state index contributed by atoms with van der Waals surface area (Å²) < 4.78 is 48.7. The number of carbonyl (C=O) groups excluding carboxylic acids is 3. The van der Waals surface area contributed by atoms with Crippen LogP contribution in [0.25, 0.3) is 0 Å². The van der Waals surface area contributed by atoms with Crippen LogP contribution >= 0.6 is 23.5 Å². The molecule has 1 amide bonds. The molecule has 0 aliphatic carbocycles. The number of phenolic OH excluding ortho intramolecular Hbond substituents is 3. The van der Waals surface area contributed by atoms with Crippen LogP contribution in [-0.2, 0) is 48.7 Å². The van der Waals surface area contributed by atoms with E-state index in [0.29, 0.717) is 54.6 Å². The number of hydrogen-bond acceptors (Lipinski definition) is 22. The second-order valence-corrected chi connectivity index (χ2v) is 34.0. The molecular weight excluding hydrogens is 1390 g/mol. The number of rotatable bonds is 17. The quantitative estimate of drug-likeness (QED) is 0.0374. The molecule has 13 atom stereocenters. The predicted octanol–water partition coefficient (Wildman–Crippen LogP) is 12.8. The lowest BCUT2D eigenvalue weighted by Gasteiger charge is -2.62. The maximum atomic E-state index is 14.5. The van der Waals surface area contributed by atoms with Crippen LogP contribution < -0.4 is 39.1 Å². The number of ether oxygens (including phenoxy) is 8. The molecule has 572 valence electrons. The van der Waals surface area contributed by atoms with Crippen LogP contribution in [0.2, 0.25) is 0 Å². The van der Waals surface area contributed by atoms with Crippen LogP contribution in [-0.4, -0.2) is 174 Å². The number of piperazine rings is 2. The summed E-state index contributed by atoms with van der Waals surface area (Å²) >= 11 is 3.37. The van der Waals surface area contributed by atoms with E-state index < -0.39 is 29.8 Å². The molecule has 5 aromatic carbocycles. The number of benzene rings is 5. The van der Waals surface area contributed by atoms with Crippen LogP contribution in [0.1, 0.15) is 226 Å². The lowest BCUT2D eigenvalue weighted by molar-refractivity contribution is -0.184. The Bertz CT molecular complexity index is 4270. The number of nitrogens with one attached hydrogen (secondary N) is 2. The first-order valence-corrected chi connectivity index (χ1v) is 41.0. The van der Waals surface area contributed by atoms with Crippen molar-refractivity contribution in [3.05, 3.63) is 119 Å². The van der Waals surface area contributed by atoms with E-state index in [0.717, 1.165) is 127 Å². The van der Waals surface area contributed by atoms with Crippen molar-refractivity contribution in [1.29, 1.82) is 0 Å². The molecule has 4 saturated heterocycles. The molecule has 6 N–H and O–H groups in total. The predicted molar refractivity (Wildman–Crippen MR) is 407 cm³/mol. The summed E-state index contributed by atoms with van der Waals surface area (Å²) in [5.74, 6) is 4.20. The van der Waals surface area contributed by atoms with Gasteiger partial charge in [0.05, 0.1) is 44.4 Å². The lowest BCUT2D eigenvalue weighted by Crippen LogP contribution is -2.69. The fourth-order valence-electron chi connectivity index (χ4n) is 20.2. The maximum absolute atomic E-state index is 14.5. The van der Waals surface area contributed by atoms with Gasteiger partial charge in [-0.2, -0.15) is 0 Å². The van der Waals surface area contributed by atoms with E-state index in [9.17, 15) is 34.8 Å². The second-order valence-electron chi connectivity index (χ2n) is 31.7. The molecule has 1 spiro atoms. The maximum Gasteiger partial charge on any atom is 0.331 e.